The maximum atomic E-state index is 11.6. The average molecular weight is 315 g/mol. The summed E-state index contributed by atoms with van der Waals surface area (Å²) in [5.74, 6) is -0.732. The van der Waals surface area contributed by atoms with Gasteiger partial charge in [0.2, 0.25) is 5.91 Å². The molecule has 0 aromatic heterocycles. The molecule has 5 nitrogen and oxygen atoms in total. The molecule has 18 heavy (non-hydrogen) atoms. The SMILES string of the molecule is C=C(Br)CNC(=O)[C@@H](N)Cc1ccc(O)c(O)c1. The summed E-state index contributed by atoms with van der Waals surface area (Å²) in [7, 11) is 0. The molecular weight excluding hydrogens is 300 g/mol. The fraction of sp³-hybridized carbons (Fsp3) is 0.250. The van der Waals surface area contributed by atoms with Crippen LogP contribution in [0, 0.1) is 0 Å². The van der Waals surface area contributed by atoms with Gasteiger partial charge in [-0.2, -0.15) is 0 Å². The highest BCUT2D eigenvalue weighted by Crippen LogP contribution is 2.25. The number of carbonyl (C=O) groups is 1. The van der Waals surface area contributed by atoms with Crippen molar-refractivity contribution in [1.29, 1.82) is 0 Å². The van der Waals surface area contributed by atoms with E-state index in [0.29, 0.717) is 16.6 Å². The van der Waals surface area contributed by atoms with Crippen LogP contribution in [0.5, 0.6) is 11.5 Å². The van der Waals surface area contributed by atoms with Crippen molar-refractivity contribution in [1.82, 2.24) is 5.32 Å². The van der Waals surface area contributed by atoms with Gasteiger partial charge in [-0.25, -0.2) is 0 Å². The summed E-state index contributed by atoms with van der Waals surface area (Å²) in [6.07, 6.45) is 0.272. The Kier molecular flexibility index (Phi) is 5.18. The summed E-state index contributed by atoms with van der Waals surface area (Å²) in [6.45, 7) is 3.90. The molecule has 0 bridgehead atoms. The van der Waals surface area contributed by atoms with Crippen molar-refractivity contribution >= 4 is 21.8 Å². The first kappa shape index (κ1) is 14.5. The van der Waals surface area contributed by atoms with Crippen LogP contribution in [0.2, 0.25) is 0 Å². The second-order valence-corrected chi connectivity index (χ2v) is 4.99. The van der Waals surface area contributed by atoms with Gasteiger partial charge in [0.15, 0.2) is 11.5 Å². The van der Waals surface area contributed by atoms with Crippen molar-refractivity contribution < 1.29 is 15.0 Å². The number of rotatable bonds is 5. The first-order valence-corrected chi connectivity index (χ1v) is 6.07. The number of hydrogen-bond acceptors (Lipinski definition) is 4. The summed E-state index contributed by atoms with van der Waals surface area (Å²) in [6, 6.07) is 3.62. The van der Waals surface area contributed by atoms with Crippen LogP contribution in [-0.2, 0) is 11.2 Å². The van der Waals surface area contributed by atoms with Gasteiger partial charge >= 0.3 is 0 Å². The molecule has 6 heteroatoms. The van der Waals surface area contributed by atoms with E-state index in [4.69, 9.17) is 10.8 Å². The Labute approximate surface area is 113 Å². The van der Waals surface area contributed by atoms with Crippen LogP contribution in [0.25, 0.3) is 0 Å². The predicted molar refractivity (Wildman–Crippen MR) is 72.5 cm³/mol. The minimum absolute atomic E-state index is 0.202. The van der Waals surface area contributed by atoms with E-state index in [-0.39, 0.29) is 23.8 Å². The molecule has 5 N–H and O–H groups in total. The topological polar surface area (TPSA) is 95.6 Å². The molecule has 1 atom stereocenters. The van der Waals surface area contributed by atoms with Crippen molar-refractivity contribution in [2.45, 2.75) is 12.5 Å². The minimum atomic E-state index is -0.721. The predicted octanol–water partition coefficient (Wildman–Crippen LogP) is 0.992. The third-order valence-corrected chi connectivity index (χ3v) is 2.57. The normalized spacial score (nSPS) is 11.9. The third kappa shape index (κ3) is 4.38. The Hall–Kier alpha value is -1.53. The highest BCUT2D eigenvalue weighted by Gasteiger charge is 2.14. The quantitative estimate of drug-likeness (QED) is 0.609. The summed E-state index contributed by atoms with van der Waals surface area (Å²) < 4.78 is 0.658. The summed E-state index contributed by atoms with van der Waals surface area (Å²) >= 11 is 3.13. The first-order chi connectivity index (χ1) is 8.40. The lowest BCUT2D eigenvalue weighted by Crippen LogP contribution is -2.42. The van der Waals surface area contributed by atoms with Gasteiger partial charge in [-0.3, -0.25) is 4.79 Å². The van der Waals surface area contributed by atoms with Crippen molar-refractivity contribution in [3.05, 3.63) is 34.8 Å². The Morgan fingerprint density at radius 1 is 1.44 bits per heavy atom. The zero-order chi connectivity index (χ0) is 13.7. The molecular formula is C12H15BrN2O3. The van der Waals surface area contributed by atoms with Gasteiger partial charge in [-0.15, -0.1) is 0 Å². The largest absolute Gasteiger partial charge is 0.504 e. The van der Waals surface area contributed by atoms with E-state index in [1.807, 2.05) is 0 Å². The van der Waals surface area contributed by atoms with E-state index in [2.05, 4.69) is 27.8 Å². The molecule has 0 unspecified atom stereocenters. The lowest BCUT2D eigenvalue weighted by atomic mass is 10.1. The number of amides is 1. The second kappa shape index (κ2) is 6.42. The molecule has 98 valence electrons. The number of phenols is 2. The molecule has 0 aliphatic rings. The van der Waals surface area contributed by atoms with Gasteiger partial charge in [0, 0.05) is 11.0 Å². The van der Waals surface area contributed by atoms with E-state index in [0.717, 1.165) is 0 Å². The van der Waals surface area contributed by atoms with Crippen LogP contribution in [0.4, 0.5) is 0 Å². The zero-order valence-electron chi connectivity index (χ0n) is 9.69. The average Bonchev–Trinajstić information content (AvgIpc) is 2.30. The molecule has 0 heterocycles. The molecule has 1 aromatic carbocycles. The lowest BCUT2D eigenvalue weighted by molar-refractivity contribution is -0.122. The van der Waals surface area contributed by atoms with Crippen LogP contribution < -0.4 is 11.1 Å². The maximum Gasteiger partial charge on any atom is 0.237 e. The Morgan fingerprint density at radius 2 is 2.11 bits per heavy atom. The van der Waals surface area contributed by atoms with Gasteiger partial charge in [-0.1, -0.05) is 28.6 Å². The van der Waals surface area contributed by atoms with Crippen LogP contribution in [-0.4, -0.2) is 28.7 Å². The molecule has 0 fully saturated rings. The highest BCUT2D eigenvalue weighted by molar-refractivity contribution is 9.11. The second-order valence-electron chi connectivity index (χ2n) is 3.87. The zero-order valence-corrected chi connectivity index (χ0v) is 11.3. The summed E-state index contributed by atoms with van der Waals surface area (Å²) in [5, 5.41) is 21.1. The number of nitrogens with two attached hydrogens (primary N) is 1. The van der Waals surface area contributed by atoms with Crippen molar-refractivity contribution in [3.8, 4) is 11.5 Å². The summed E-state index contributed by atoms with van der Waals surface area (Å²) in [5.41, 5.74) is 6.39. The number of aromatic hydroxyl groups is 2. The number of hydrogen-bond donors (Lipinski definition) is 4. The molecule has 0 aliphatic carbocycles. The molecule has 0 saturated heterocycles. The number of nitrogens with one attached hydrogen (secondary N) is 1. The van der Waals surface area contributed by atoms with Crippen LogP contribution in [0.1, 0.15) is 5.56 Å². The van der Waals surface area contributed by atoms with Crippen LogP contribution >= 0.6 is 15.9 Å². The standard InChI is InChI=1S/C12H15BrN2O3/c1-7(13)6-15-12(18)9(14)4-8-2-3-10(16)11(17)5-8/h2-3,5,9,16-17H,1,4,6,14H2,(H,15,18)/t9-/m0/s1. The van der Waals surface area contributed by atoms with Gasteiger partial charge in [0.25, 0.3) is 0 Å². The Bertz CT molecular complexity index is 463. The Morgan fingerprint density at radius 3 is 2.67 bits per heavy atom. The Balaban J connectivity index is 2.58. The maximum absolute atomic E-state index is 11.6. The monoisotopic (exact) mass is 314 g/mol. The number of carbonyl (C=O) groups excluding carboxylic acids is 1. The lowest BCUT2D eigenvalue weighted by Gasteiger charge is -2.12. The van der Waals surface area contributed by atoms with Gasteiger partial charge < -0.3 is 21.3 Å². The molecule has 0 spiro atoms. The molecule has 1 amide bonds. The minimum Gasteiger partial charge on any atom is -0.504 e. The van der Waals surface area contributed by atoms with E-state index >= 15 is 0 Å². The fourth-order valence-electron chi connectivity index (χ4n) is 1.36. The fourth-order valence-corrected chi connectivity index (χ4v) is 1.50. The van der Waals surface area contributed by atoms with Crippen LogP contribution in [0.15, 0.2) is 29.3 Å². The molecule has 0 aliphatic heterocycles. The van der Waals surface area contributed by atoms with E-state index in [1.165, 1.54) is 12.1 Å². The van der Waals surface area contributed by atoms with Gasteiger partial charge in [0.1, 0.15) is 0 Å². The number of benzene rings is 1. The van der Waals surface area contributed by atoms with Crippen molar-refractivity contribution in [2.24, 2.45) is 5.73 Å². The van der Waals surface area contributed by atoms with Gasteiger partial charge in [0.05, 0.1) is 6.04 Å². The van der Waals surface area contributed by atoms with Crippen molar-refractivity contribution in [3.63, 3.8) is 0 Å². The van der Waals surface area contributed by atoms with Crippen LogP contribution in [0.3, 0.4) is 0 Å². The van der Waals surface area contributed by atoms with E-state index < -0.39 is 6.04 Å². The van der Waals surface area contributed by atoms with Crippen molar-refractivity contribution in [2.75, 3.05) is 6.54 Å². The molecule has 0 saturated carbocycles. The number of halogens is 1. The third-order valence-electron chi connectivity index (χ3n) is 2.29. The summed E-state index contributed by atoms with van der Waals surface area (Å²) in [4.78, 5) is 11.6. The smallest absolute Gasteiger partial charge is 0.237 e. The van der Waals surface area contributed by atoms with E-state index in [9.17, 15) is 9.90 Å². The number of phenolic OH excluding ortho intramolecular Hbond substituents is 2. The van der Waals surface area contributed by atoms with E-state index in [1.54, 1.807) is 6.07 Å². The molecule has 0 radical (unpaired) electrons. The molecule has 1 rings (SSSR count). The first-order valence-electron chi connectivity index (χ1n) is 5.27. The van der Waals surface area contributed by atoms with Gasteiger partial charge in [-0.05, 0) is 24.1 Å². The molecule has 1 aromatic rings. The highest BCUT2D eigenvalue weighted by atomic mass is 79.9.